The minimum absolute atomic E-state index is 0.103. The molecule has 2 aromatic carbocycles. The van der Waals surface area contributed by atoms with Gasteiger partial charge in [-0.2, -0.15) is 18.3 Å². The summed E-state index contributed by atoms with van der Waals surface area (Å²) in [6.07, 6.45) is -3.47. The maximum absolute atomic E-state index is 12.9. The Morgan fingerprint density at radius 1 is 1.12 bits per heavy atom. The minimum atomic E-state index is -4.47. The average molecular weight is 352 g/mol. The minimum Gasteiger partial charge on any atom is -0.272 e. The Balaban J connectivity index is 1.98. The number of carbonyl (C=O) groups excluding carboxylic acids is 1. The molecule has 0 aliphatic rings. The number of benzene rings is 2. The molecular formula is C17H15F3N2OS. The van der Waals surface area contributed by atoms with E-state index in [-0.39, 0.29) is 11.5 Å². The third-order valence-corrected chi connectivity index (χ3v) is 4.18. The van der Waals surface area contributed by atoms with Crippen LogP contribution < -0.4 is 5.43 Å². The summed E-state index contributed by atoms with van der Waals surface area (Å²) < 4.78 is 38.6. The van der Waals surface area contributed by atoms with Gasteiger partial charge in [-0.25, -0.2) is 5.43 Å². The normalized spacial score (nSPS) is 13.0. The van der Waals surface area contributed by atoms with Gasteiger partial charge in [0.15, 0.2) is 0 Å². The zero-order valence-electron chi connectivity index (χ0n) is 12.7. The van der Waals surface area contributed by atoms with Crippen LogP contribution in [0.2, 0.25) is 0 Å². The van der Waals surface area contributed by atoms with Gasteiger partial charge in [0.25, 0.3) is 5.91 Å². The predicted molar refractivity (Wildman–Crippen MR) is 88.9 cm³/mol. The van der Waals surface area contributed by atoms with E-state index in [0.717, 1.165) is 17.2 Å². The van der Waals surface area contributed by atoms with E-state index in [1.807, 2.05) is 30.3 Å². The summed E-state index contributed by atoms with van der Waals surface area (Å²) in [5.41, 5.74) is 1.37. The molecule has 0 fully saturated rings. The first-order valence-electron chi connectivity index (χ1n) is 7.09. The first kappa shape index (κ1) is 18.1. The van der Waals surface area contributed by atoms with Crippen LogP contribution >= 0.6 is 11.8 Å². The molecule has 7 heteroatoms. The molecule has 0 bridgehead atoms. The Bertz CT molecular complexity index is 717. The SMILES string of the molecule is CC(Sc1ccccc1)C(=O)N/N=C/c1ccccc1C(F)(F)F. The van der Waals surface area contributed by atoms with Gasteiger partial charge >= 0.3 is 6.18 Å². The van der Waals surface area contributed by atoms with Crippen molar-refractivity contribution in [1.82, 2.24) is 5.43 Å². The molecule has 2 aromatic rings. The summed E-state index contributed by atoms with van der Waals surface area (Å²) in [6, 6.07) is 14.4. The van der Waals surface area contributed by atoms with Crippen LogP contribution in [0, 0.1) is 0 Å². The molecule has 0 aliphatic heterocycles. The second kappa shape index (κ2) is 8.01. The van der Waals surface area contributed by atoms with Crippen molar-refractivity contribution in [3.8, 4) is 0 Å². The summed E-state index contributed by atoms with van der Waals surface area (Å²) in [7, 11) is 0. The number of amides is 1. The molecule has 1 amide bonds. The zero-order valence-corrected chi connectivity index (χ0v) is 13.6. The van der Waals surface area contributed by atoms with Crippen molar-refractivity contribution in [2.45, 2.75) is 23.2 Å². The van der Waals surface area contributed by atoms with Crippen molar-refractivity contribution in [3.05, 3.63) is 65.7 Å². The highest BCUT2D eigenvalue weighted by Crippen LogP contribution is 2.31. The van der Waals surface area contributed by atoms with E-state index < -0.39 is 17.0 Å². The van der Waals surface area contributed by atoms with Crippen LogP contribution in [-0.2, 0) is 11.0 Å². The molecule has 1 unspecified atom stereocenters. The van der Waals surface area contributed by atoms with Crippen LogP contribution in [0.3, 0.4) is 0 Å². The molecule has 2 rings (SSSR count). The largest absolute Gasteiger partial charge is 0.417 e. The number of carbonyl (C=O) groups is 1. The second-order valence-electron chi connectivity index (χ2n) is 4.89. The fraction of sp³-hybridized carbons (Fsp3) is 0.176. The molecule has 1 N–H and O–H groups in total. The highest BCUT2D eigenvalue weighted by molar-refractivity contribution is 8.00. The quantitative estimate of drug-likeness (QED) is 0.494. The fourth-order valence-electron chi connectivity index (χ4n) is 1.88. The predicted octanol–water partition coefficient (Wildman–Crippen LogP) is 4.34. The zero-order chi connectivity index (χ0) is 17.6. The van der Waals surface area contributed by atoms with Crippen molar-refractivity contribution < 1.29 is 18.0 Å². The highest BCUT2D eigenvalue weighted by atomic mass is 32.2. The highest BCUT2D eigenvalue weighted by Gasteiger charge is 2.32. The Labute approximate surface area is 142 Å². The number of alkyl halides is 3. The Hall–Kier alpha value is -2.28. The Kier molecular flexibility index (Phi) is 6.03. The van der Waals surface area contributed by atoms with E-state index in [1.165, 1.54) is 30.0 Å². The molecule has 126 valence electrons. The van der Waals surface area contributed by atoms with Crippen LogP contribution in [0.4, 0.5) is 13.2 Å². The smallest absolute Gasteiger partial charge is 0.272 e. The van der Waals surface area contributed by atoms with Gasteiger partial charge in [0, 0.05) is 10.5 Å². The van der Waals surface area contributed by atoms with Crippen molar-refractivity contribution in [3.63, 3.8) is 0 Å². The van der Waals surface area contributed by atoms with Crippen molar-refractivity contribution >= 4 is 23.9 Å². The summed E-state index contributed by atoms with van der Waals surface area (Å²) in [5, 5.41) is 3.21. The van der Waals surface area contributed by atoms with E-state index in [4.69, 9.17) is 0 Å². The Morgan fingerprint density at radius 3 is 2.42 bits per heavy atom. The van der Waals surface area contributed by atoms with Gasteiger partial charge in [-0.1, -0.05) is 36.4 Å². The van der Waals surface area contributed by atoms with Crippen LogP contribution in [0.15, 0.2) is 64.6 Å². The number of nitrogens with one attached hydrogen (secondary N) is 1. The molecule has 0 radical (unpaired) electrons. The molecule has 24 heavy (non-hydrogen) atoms. The summed E-state index contributed by atoms with van der Waals surface area (Å²) in [4.78, 5) is 12.9. The molecular weight excluding hydrogens is 337 g/mol. The maximum Gasteiger partial charge on any atom is 0.417 e. The standard InChI is InChI=1S/C17H15F3N2OS/c1-12(24-14-8-3-2-4-9-14)16(23)22-21-11-13-7-5-6-10-15(13)17(18,19)20/h2-12H,1H3,(H,22,23)/b21-11+. The molecule has 0 spiro atoms. The molecule has 0 aliphatic carbocycles. The van der Waals surface area contributed by atoms with Crippen molar-refractivity contribution in [2.24, 2.45) is 5.10 Å². The van der Waals surface area contributed by atoms with Gasteiger partial charge in [-0.05, 0) is 25.1 Å². The number of hydrogen-bond donors (Lipinski definition) is 1. The van der Waals surface area contributed by atoms with Gasteiger partial charge in [0.05, 0.1) is 17.0 Å². The number of thioether (sulfide) groups is 1. The van der Waals surface area contributed by atoms with Crippen molar-refractivity contribution in [2.75, 3.05) is 0 Å². The maximum atomic E-state index is 12.9. The molecule has 0 saturated carbocycles. The number of rotatable bonds is 5. The first-order chi connectivity index (χ1) is 11.4. The van der Waals surface area contributed by atoms with Gasteiger partial charge in [-0.15, -0.1) is 11.8 Å². The second-order valence-corrected chi connectivity index (χ2v) is 6.31. The monoisotopic (exact) mass is 352 g/mol. The van der Waals surface area contributed by atoms with E-state index in [1.54, 1.807) is 6.92 Å². The molecule has 3 nitrogen and oxygen atoms in total. The lowest BCUT2D eigenvalue weighted by Gasteiger charge is -2.10. The Morgan fingerprint density at radius 2 is 1.75 bits per heavy atom. The summed E-state index contributed by atoms with van der Waals surface area (Å²) in [5.74, 6) is -0.385. The molecule has 1 atom stereocenters. The van der Waals surface area contributed by atoms with Crippen LogP contribution in [0.25, 0.3) is 0 Å². The van der Waals surface area contributed by atoms with Crippen LogP contribution in [0.1, 0.15) is 18.1 Å². The third kappa shape index (κ3) is 5.13. The molecule has 0 heterocycles. The van der Waals surface area contributed by atoms with E-state index in [9.17, 15) is 18.0 Å². The van der Waals surface area contributed by atoms with Crippen LogP contribution in [0.5, 0.6) is 0 Å². The molecule has 0 aromatic heterocycles. The van der Waals surface area contributed by atoms with Gasteiger partial charge < -0.3 is 0 Å². The van der Waals surface area contributed by atoms with E-state index >= 15 is 0 Å². The number of hydrogen-bond acceptors (Lipinski definition) is 3. The number of hydrazone groups is 1. The van der Waals surface area contributed by atoms with Crippen molar-refractivity contribution in [1.29, 1.82) is 0 Å². The number of nitrogens with zero attached hydrogens (tertiary/aromatic N) is 1. The van der Waals surface area contributed by atoms with E-state index in [2.05, 4.69) is 10.5 Å². The lowest BCUT2D eigenvalue weighted by atomic mass is 10.1. The number of halogens is 3. The molecule has 0 saturated heterocycles. The van der Waals surface area contributed by atoms with E-state index in [0.29, 0.717) is 0 Å². The lowest BCUT2D eigenvalue weighted by molar-refractivity contribution is -0.137. The van der Waals surface area contributed by atoms with Gasteiger partial charge in [-0.3, -0.25) is 4.79 Å². The third-order valence-electron chi connectivity index (χ3n) is 3.07. The summed E-state index contributed by atoms with van der Waals surface area (Å²) in [6.45, 7) is 1.70. The van der Waals surface area contributed by atoms with Gasteiger partial charge in [0.1, 0.15) is 0 Å². The average Bonchev–Trinajstić information content (AvgIpc) is 2.55. The first-order valence-corrected chi connectivity index (χ1v) is 7.97. The fourth-order valence-corrected chi connectivity index (χ4v) is 2.76. The summed E-state index contributed by atoms with van der Waals surface area (Å²) >= 11 is 1.34. The van der Waals surface area contributed by atoms with Crippen LogP contribution in [-0.4, -0.2) is 17.4 Å². The lowest BCUT2D eigenvalue weighted by Crippen LogP contribution is -2.26. The van der Waals surface area contributed by atoms with Gasteiger partial charge in [0.2, 0.25) is 0 Å². The topological polar surface area (TPSA) is 41.5 Å².